The second-order valence-corrected chi connectivity index (χ2v) is 7.89. The fourth-order valence-corrected chi connectivity index (χ4v) is 4.24. The highest BCUT2D eigenvalue weighted by Crippen LogP contribution is 2.35. The Balaban J connectivity index is 1.52. The molecule has 3 fully saturated rings. The highest BCUT2D eigenvalue weighted by atomic mass is 16.4. The van der Waals surface area contributed by atoms with Gasteiger partial charge in [-0.05, 0) is 70.1 Å². The van der Waals surface area contributed by atoms with E-state index >= 15 is 0 Å². The molecule has 0 unspecified atom stereocenters. The first-order valence-corrected chi connectivity index (χ1v) is 9.36. The summed E-state index contributed by atoms with van der Waals surface area (Å²) in [6.45, 7) is 2.30. The van der Waals surface area contributed by atoms with E-state index in [1.165, 1.54) is 12.8 Å². The SMILES string of the molecule is CC1CCC(N(C(=O)NC2CCC(C(=O)O)CC2)C2CC2)CC1. The molecule has 0 aromatic rings. The molecule has 3 saturated carbocycles. The van der Waals surface area contributed by atoms with Gasteiger partial charge >= 0.3 is 12.0 Å². The molecule has 5 nitrogen and oxygen atoms in total. The van der Waals surface area contributed by atoms with Crippen LogP contribution in [0.5, 0.6) is 0 Å². The van der Waals surface area contributed by atoms with Gasteiger partial charge in [-0.3, -0.25) is 4.79 Å². The van der Waals surface area contributed by atoms with E-state index in [9.17, 15) is 9.59 Å². The van der Waals surface area contributed by atoms with E-state index in [0.717, 1.165) is 44.4 Å². The van der Waals surface area contributed by atoms with Crippen LogP contribution in [0.3, 0.4) is 0 Å². The van der Waals surface area contributed by atoms with Crippen molar-refractivity contribution >= 4 is 12.0 Å². The number of hydrogen-bond donors (Lipinski definition) is 2. The molecule has 0 spiro atoms. The summed E-state index contributed by atoms with van der Waals surface area (Å²) >= 11 is 0. The maximum Gasteiger partial charge on any atom is 0.318 e. The average Bonchev–Trinajstić information content (AvgIpc) is 3.35. The van der Waals surface area contributed by atoms with Gasteiger partial charge in [-0.2, -0.15) is 0 Å². The number of nitrogens with zero attached hydrogens (tertiary/aromatic N) is 1. The molecular formula is C18H30N2O3. The van der Waals surface area contributed by atoms with Gasteiger partial charge in [-0.25, -0.2) is 4.79 Å². The van der Waals surface area contributed by atoms with Gasteiger partial charge in [-0.1, -0.05) is 6.92 Å². The lowest BCUT2D eigenvalue weighted by atomic mass is 9.86. The summed E-state index contributed by atoms with van der Waals surface area (Å²) in [5.74, 6) is -0.116. The number of carboxylic acids is 1. The maximum atomic E-state index is 12.8. The van der Waals surface area contributed by atoms with Crippen LogP contribution in [0.1, 0.15) is 71.1 Å². The van der Waals surface area contributed by atoms with Crippen LogP contribution < -0.4 is 5.32 Å². The molecule has 0 bridgehead atoms. The van der Waals surface area contributed by atoms with E-state index in [4.69, 9.17) is 5.11 Å². The lowest BCUT2D eigenvalue weighted by molar-refractivity contribution is -0.142. The zero-order valence-electron chi connectivity index (χ0n) is 14.2. The van der Waals surface area contributed by atoms with Gasteiger partial charge in [0.05, 0.1) is 5.92 Å². The smallest absolute Gasteiger partial charge is 0.318 e. The van der Waals surface area contributed by atoms with Crippen molar-refractivity contribution in [2.45, 2.75) is 89.3 Å². The number of amides is 2. The van der Waals surface area contributed by atoms with Gasteiger partial charge in [0.25, 0.3) is 0 Å². The normalized spacial score (nSPS) is 34.7. The van der Waals surface area contributed by atoms with Crippen LogP contribution in [0.15, 0.2) is 0 Å². The molecule has 3 aliphatic carbocycles. The molecule has 0 aliphatic heterocycles. The zero-order valence-corrected chi connectivity index (χ0v) is 14.2. The molecule has 2 N–H and O–H groups in total. The van der Waals surface area contributed by atoms with Gasteiger partial charge in [-0.15, -0.1) is 0 Å². The number of carbonyl (C=O) groups excluding carboxylic acids is 1. The lowest BCUT2D eigenvalue weighted by Crippen LogP contribution is -2.52. The Kier molecular flexibility index (Phi) is 5.12. The lowest BCUT2D eigenvalue weighted by Gasteiger charge is -2.38. The van der Waals surface area contributed by atoms with Crippen LogP contribution in [0.2, 0.25) is 0 Å². The summed E-state index contributed by atoms with van der Waals surface area (Å²) < 4.78 is 0. The van der Waals surface area contributed by atoms with Crippen LogP contribution in [0, 0.1) is 11.8 Å². The number of aliphatic carboxylic acids is 1. The molecule has 3 rings (SSSR count). The number of carbonyl (C=O) groups is 2. The minimum absolute atomic E-state index is 0.103. The Morgan fingerprint density at radius 2 is 1.39 bits per heavy atom. The van der Waals surface area contributed by atoms with Gasteiger partial charge in [0.15, 0.2) is 0 Å². The van der Waals surface area contributed by atoms with E-state index < -0.39 is 5.97 Å². The van der Waals surface area contributed by atoms with E-state index in [0.29, 0.717) is 24.9 Å². The van der Waals surface area contributed by atoms with Crippen molar-refractivity contribution in [2.24, 2.45) is 11.8 Å². The Bertz CT molecular complexity index is 434. The highest BCUT2D eigenvalue weighted by Gasteiger charge is 2.39. The Morgan fingerprint density at radius 3 is 1.87 bits per heavy atom. The predicted octanol–water partition coefficient (Wildman–Crippen LogP) is 3.38. The van der Waals surface area contributed by atoms with Crippen LogP contribution in [0.25, 0.3) is 0 Å². The van der Waals surface area contributed by atoms with Crippen molar-refractivity contribution in [1.82, 2.24) is 10.2 Å². The minimum Gasteiger partial charge on any atom is -0.481 e. The summed E-state index contributed by atoms with van der Waals surface area (Å²) in [6, 6.07) is 1.12. The molecule has 0 aromatic carbocycles. The fourth-order valence-electron chi connectivity index (χ4n) is 4.24. The van der Waals surface area contributed by atoms with Crippen molar-refractivity contribution in [3.05, 3.63) is 0 Å². The minimum atomic E-state index is -0.689. The van der Waals surface area contributed by atoms with Crippen LogP contribution in [-0.4, -0.2) is 40.1 Å². The van der Waals surface area contributed by atoms with Crippen LogP contribution in [-0.2, 0) is 4.79 Å². The average molecular weight is 322 g/mol. The summed E-state index contributed by atoms with van der Waals surface area (Å²) in [6.07, 6.45) is 9.97. The summed E-state index contributed by atoms with van der Waals surface area (Å²) in [5, 5.41) is 12.3. The molecule has 5 heteroatoms. The molecule has 0 heterocycles. The molecule has 3 aliphatic rings. The Hall–Kier alpha value is -1.26. The topological polar surface area (TPSA) is 69.6 Å². The quantitative estimate of drug-likeness (QED) is 0.833. The van der Waals surface area contributed by atoms with Crippen LogP contribution >= 0.6 is 0 Å². The number of carboxylic acid groups (broad SMARTS) is 1. The van der Waals surface area contributed by atoms with Gasteiger partial charge in [0, 0.05) is 18.1 Å². The highest BCUT2D eigenvalue weighted by molar-refractivity contribution is 5.76. The Morgan fingerprint density at radius 1 is 0.870 bits per heavy atom. The van der Waals surface area contributed by atoms with E-state index in [1.807, 2.05) is 0 Å². The molecular weight excluding hydrogens is 292 g/mol. The second kappa shape index (κ2) is 7.10. The van der Waals surface area contributed by atoms with Gasteiger partial charge in [0.1, 0.15) is 0 Å². The first-order valence-electron chi connectivity index (χ1n) is 9.36. The number of urea groups is 1. The van der Waals surface area contributed by atoms with Crippen molar-refractivity contribution in [3.8, 4) is 0 Å². The number of hydrogen-bond acceptors (Lipinski definition) is 2. The molecule has 130 valence electrons. The zero-order chi connectivity index (χ0) is 16.4. The van der Waals surface area contributed by atoms with Crippen molar-refractivity contribution in [2.75, 3.05) is 0 Å². The monoisotopic (exact) mass is 322 g/mol. The standard InChI is InChI=1S/C18H30N2O3/c1-12-2-8-15(9-3-12)20(16-10-11-16)18(23)19-14-6-4-13(5-7-14)17(21)22/h12-16H,2-11H2,1H3,(H,19,23)(H,21,22). The first-order chi connectivity index (χ1) is 11.0. The third-order valence-corrected chi connectivity index (χ3v) is 5.96. The summed E-state index contributed by atoms with van der Waals surface area (Å²) in [7, 11) is 0. The first kappa shape index (κ1) is 16.6. The Labute approximate surface area is 138 Å². The fraction of sp³-hybridized carbons (Fsp3) is 0.889. The summed E-state index contributed by atoms with van der Waals surface area (Å²) in [4.78, 5) is 25.9. The molecule has 2 amide bonds. The van der Waals surface area contributed by atoms with E-state index in [2.05, 4.69) is 17.1 Å². The molecule has 23 heavy (non-hydrogen) atoms. The van der Waals surface area contributed by atoms with E-state index in [-0.39, 0.29) is 18.0 Å². The predicted molar refractivity (Wildman–Crippen MR) is 88.2 cm³/mol. The second-order valence-electron chi connectivity index (χ2n) is 7.89. The van der Waals surface area contributed by atoms with Gasteiger partial charge < -0.3 is 15.3 Å². The third-order valence-electron chi connectivity index (χ3n) is 5.96. The van der Waals surface area contributed by atoms with Gasteiger partial charge in [0.2, 0.25) is 0 Å². The third kappa shape index (κ3) is 4.18. The number of rotatable bonds is 4. The molecule has 0 atom stereocenters. The molecule has 0 saturated heterocycles. The maximum absolute atomic E-state index is 12.8. The van der Waals surface area contributed by atoms with Crippen molar-refractivity contribution in [1.29, 1.82) is 0 Å². The molecule has 0 aromatic heterocycles. The van der Waals surface area contributed by atoms with Crippen molar-refractivity contribution in [3.63, 3.8) is 0 Å². The molecule has 0 radical (unpaired) electrons. The number of nitrogens with one attached hydrogen (secondary N) is 1. The van der Waals surface area contributed by atoms with E-state index in [1.54, 1.807) is 0 Å². The largest absolute Gasteiger partial charge is 0.481 e. The summed E-state index contributed by atoms with van der Waals surface area (Å²) in [5.41, 5.74) is 0. The van der Waals surface area contributed by atoms with Crippen LogP contribution in [0.4, 0.5) is 4.79 Å². The van der Waals surface area contributed by atoms with Crippen molar-refractivity contribution < 1.29 is 14.7 Å².